The Labute approximate surface area is 138 Å². The molecule has 3 rings (SSSR count). The molecular weight excluding hydrogens is 318 g/mol. The van der Waals surface area contributed by atoms with Crippen LogP contribution < -0.4 is 5.32 Å². The molecule has 2 atom stereocenters. The van der Waals surface area contributed by atoms with Gasteiger partial charge in [-0.25, -0.2) is 0 Å². The summed E-state index contributed by atoms with van der Waals surface area (Å²) in [5.41, 5.74) is 1.67. The van der Waals surface area contributed by atoms with Crippen LogP contribution in [0, 0.1) is 0 Å². The average Bonchev–Trinajstić information content (AvgIpc) is 3.10. The number of aromatic nitrogens is 2. The molecule has 2 N–H and O–H groups in total. The number of fused-ring (bicyclic) bond motifs is 1. The number of aryl methyl sites for hydroxylation is 1. The number of nitrogens with one attached hydrogen (secondary N) is 1. The van der Waals surface area contributed by atoms with Crippen LogP contribution in [0.15, 0.2) is 36.7 Å². The van der Waals surface area contributed by atoms with Crippen molar-refractivity contribution >= 4 is 23.5 Å². The lowest BCUT2D eigenvalue weighted by Gasteiger charge is -2.14. The van der Waals surface area contributed by atoms with Gasteiger partial charge in [0, 0.05) is 19.2 Å². The quantitative estimate of drug-likeness (QED) is 0.879. The van der Waals surface area contributed by atoms with E-state index in [0.29, 0.717) is 18.0 Å². The Balaban J connectivity index is 1.64. The molecule has 1 amide bonds. The highest BCUT2D eigenvalue weighted by atomic mass is 35.5. The SMILES string of the molecule is O=C(CCn1cc(Cl)cn1)NC1CC(C(=O)O)c2ccccc21. The van der Waals surface area contributed by atoms with E-state index in [-0.39, 0.29) is 18.4 Å². The van der Waals surface area contributed by atoms with Crippen LogP contribution in [0.5, 0.6) is 0 Å². The Morgan fingerprint density at radius 1 is 1.35 bits per heavy atom. The van der Waals surface area contributed by atoms with Gasteiger partial charge in [-0.15, -0.1) is 0 Å². The summed E-state index contributed by atoms with van der Waals surface area (Å²) in [6.07, 6.45) is 3.81. The summed E-state index contributed by atoms with van der Waals surface area (Å²) in [5.74, 6) is -1.57. The molecule has 1 aliphatic carbocycles. The summed E-state index contributed by atoms with van der Waals surface area (Å²) in [6.45, 7) is 0.426. The van der Waals surface area contributed by atoms with Crippen molar-refractivity contribution in [2.24, 2.45) is 0 Å². The van der Waals surface area contributed by atoms with Gasteiger partial charge in [0.15, 0.2) is 0 Å². The summed E-state index contributed by atoms with van der Waals surface area (Å²) in [4.78, 5) is 23.5. The molecule has 23 heavy (non-hydrogen) atoms. The van der Waals surface area contributed by atoms with Gasteiger partial charge in [-0.3, -0.25) is 14.3 Å². The Kier molecular flexibility index (Phi) is 4.34. The van der Waals surface area contributed by atoms with Crippen molar-refractivity contribution in [2.75, 3.05) is 0 Å². The van der Waals surface area contributed by atoms with E-state index < -0.39 is 11.9 Å². The Morgan fingerprint density at radius 3 is 2.74 bits per heavy atom. The highest BCUT2D eigenvalue weighted by molar-refractivity contribution is 6.30. The summed E-state index contributed by atoms with van der Waals surface area (Å²) in [5, 5.41) is 16.8. The van der Waals surface area contributed by atoms with Crippen molar-refractivity contribution in [3.05, 3.63) is 52.8 Å². The molecule has 1 aromatic heterocycles. The fraction of sp³-hybridized carbons (Fsp3) is 0.312. The molecule has 0 saturated carbocycles. The number of nitrogens with zero attached hydrogens (tertiary/aromatic N) is 2. The summed E-state index contributed by atoms with van der Waals surface area (Å²) < 4.78 is 1.60. The molecule has 0 bridgehead atoms. The zero-order valence-corrected chi connectivity index (χ0v) is 13.0. The molecular formula is C16H16ClN3O3. The third kappa shape index (κ3) is 3.37. The number of carboxylic acid groups (broad SMARTS) is 1. The van der Waals surface area contributed by atoms with E-state index in [2.05, 4.69) is 10.4 Å². The van der Waals surface area contributed by atoms with Gasteiger partial charge in [0.05, 0.1) is 23.2 Å². The third-order valence-electron chi connectivity index (χ3n) is 4.02. The maximum atomic E-state index is 12.1. The first-order chi connectivity index (χ1) is 11.0. The van der Waals surface area contributed by atoms with E-state index >= 15 is 0 Å². The number of aliphatic carboxylic acids is 1. The molecule has 0 aliphatic heterocycles. The summed E-state index contributed by atoms with van der Waals surface area (Å²) >= 11 is 5.78. The number of carbonyl (C=O) groups excluding carboxylic acids is 1. The van der Waals surface area contributed by atoms with Crippen LogP contribution in [0.4, 0.5) is 0 Å². The van der Waals surface area contributed by atoms with Gasteiger partial charge in [-0.2, -0.15) is 5.10 Å². The Hall–Kier alpha value is -2.34. The lowest BCUT2D eigenvalue weighted by Crippen LogP contribution is -2.28. The summed E-state index contributed by atoms with van der Waals surface area (Å²) in [7, 11) is 0. The molecule has 7 heteroatoms. The number of halogens is 1. The topological polar surface area (TPSA) is 84.2 Å². The number of hydrogen-bond acceptors (Lipinski definition) is 3. The zero-order chi connectivity index (χ0) is 16.4. The minimum atomic E-state index is -0.861. The minimum absolute atomic E-state index is 0.137. The van der Waals surface area contributed by atoms with E-state index in [4.69, 9.17) is 11.6 Å². The maximum Gasteiger partial charge on any atom is 0.311 e. The van der Waals surface area contributed by atoms with Gasteiger partial charge in [-0.1, -0.05) is 35.9 Å². The molecule has 0 fully saturated rings. The van der Waals surface area contributed by atoms with E-state index in [1.54, 1.807) is 10.9 Å². The van der Waals surface area contributed by atoms with E-state index in [0.717, 1.165) is 11.1 Å². The van der Waals surface area contributed by atoms with Crippen LogP contribution in [0.25, 0.3) is 0 Å². The number of hydrogen-bond donors (Lipinski definition) is 2. The van der Waals surface area contributed by atoms with Crippen molar-refractivity contribution in [1.29, 1.82) is 0 Å². The predicted molar refractivity (Wildman–Crippen MR) is 84.2 cm³/mol. The van der Waals surface area contributed by atoms with Gasteiger partial charge >= 0.3 is 5.97 Å². The van der Waals surface area contributed by atoms with Gasteiger partial charge in [0.25, 0.3) is 0 Å². The minimum Gasteiger partial charge on any atom is -0.481 e. The van der Waals surface area contributed by atoms with Crippen LogP contribution in [0.1, 0.15) is 35.9 Å². The maximum absolute atomic E-state index is 12.1. The molecule has 1 aliphatic rings. The van der Waals surface area contributed by atoms with Crippen molar-refractivity contribution in [2.45, 2.75) is 31.3 Å². The van der Waals surface area contributed by atoms with Crippen LogP contribution in [-0.2, 0) is 16.1 Å². The lowest BCUT2D eigenvalue weighted by molar-refractivity contribution is -0.139. The fourth-order valence-corrected chi connectivity index (χ4v) is 3.11. The van der Waals surface area contributed by atoms with E-state index in [1.165, 1.54) is 6.20 Å². The first-order valence-electron chi connectivity index (χ1n) is 7.33. The predicted octanol–water partition coefficient (Wildman–Crippen LogP) is 2.36. The Morgan fingerprint density at radius 2 is 2.09 bits per heavy atom. The zero-order valence-electron chi connectivity index (χ0n) is 12.3. The van der Waals surface area contributed by atoms with Gasteiger partial charge in [0.2, 0.25) is 5.91 Å². The second-order valence-corrected chi connectivity index (χ2v) is 5.98. The van der Waals surface area contributed by atoms with Crippen molar-refractivity contribution in [3.63, 3.8) is 0 Å². The third-order valence-corrected chi connectivity index (χ3v) is 4.22. The molecule has 0 saturated heterocycles. The van der Waals surface area contributed by atoms with Gasteiger partial charge in [-0.05, 0) is 17.5 Å². The molecule has 1 aromatic carbocycles. The van der Waals surface area contributed by atoms with Gasteiger partial charge < -0.3 is 10.4 Å². The molecule has 0 spiro atoms. The fourth-order valence-electron chi connectivity index (χ4n) is 2.95. The lowest BCUT2D eigenvalue weighted by atomic mass is 10.0. The van der Waals surface area contributed by atoms with E-state index in [9.17, 15) is 14.7 Å². The van der Waals surface area contributed by atoms with Crippen LogP contribution >= 0.6 is 11.6 Å². The largest absolute Gasteiger partial charge is 0.481 e. The highest BCUT2D eigenvalue weighted by Crippen LogP contribution is 2.40. The molecule has 1 heterocycles. The second-order valence-electron chi connectivity index (χ2n) is 5.55. The van der Waals surface area contributed by atoms with Crippen molar-refractivity contribution in [1.82, 2.24) is 15.1 Å². The molecule has 120 valence electrons. The first kappa shape index (κ1) is 15.6. The normalized spacial score (nSPS) is 19.3. The number of amides is 1. The monoisotopic (exact) mass is 333 g/mol. The molecule has 2 unspecified atom stereocenters. The molecule has 0 radical (unpaired) electrons. The molecule has 6 nitrogen and oxygen atoms in total. The molecule has 2 aromatic rings. The van der Waals surface area contributed by atoms with Crippen LogP contribution in [-0.4, -0.2) is 26.8 Å². The number of carbonyl (C=O) groups is 2. The highest BCUT2D eigenvalue weighted by Gasteiger charge is 2.35. The number of carboxylic acids is 1. The standard InChI is InChI=1S/C16H16ClN3O3/c17-10-8-18-20(9-10)6-5-15(21)19-14-7-13(16(22)23)11-3-1-2-4-12(11)14/h1-4,8-9,13-14H,5-7H2,(H,19,21)(H,22,23). The number of benzene rings is 1. The van der Waals surface area contributed by atoms with Crippen molar-refractivity contribution in [3.8, 4) is 0 Å². The van der Waals surface area contributed by atoms with Gasteiger partial charge in [0.1, 0.15) is 0 Å². The average molecular weight is 334 g/mol. The van der Waals surface area contributed by atoms with Crippen LogP contribution in [0.2, 0.25) is 5.02 Å². The van der Waals surface area contributed by atoms with E-state index in [1.807, 2.05) is 24.3 Å². The smallest absolute Gasteiger partial charge is 0.311 e. The second kappa shape index (κ2) is 6.42. The first-order valence-corrected chi connectivity index (χ1v) is 7.71. The van der Waals surface area contributed by atoms with Crippen molar-refractivity contribution < 1.29 is 14.7 Å². The Bertz CT molecular complexity index is 744. The number of rotatable bonds is 5. The summed E-state index contributed by atoms with van der Waals surface area (Å²) in [6, 6.07) is 7.10. The van der Waals surface area contributed by atoms with Crippen LogP contribution in [0.3, 0.4) is 0 Å².